The van der Waals surface area contributed by atoms with Gasteiger partial charge in [-0.2, -0.15) is 0 Å². The molecule has 4 nitrogen and oxygen atoms in total. The van der Waals surface area contributed by atoms with Crippen molar-refractivity contribution in [1.29, 1.82) is 0 Å². The molecule has 1 fully saturated rings. The lowest BCUT2D eigenvalue weighted by atomic mass is 9.95. The van der Waals surface area contributed by atoms with Crippen LogP contribution in [0.15, 0.2) is 30.5 Å². The van der Waals surface area contributed by atoms with Crippen LogP contribution in [0.3, 0.4) is 0 Å². The second kappa shape index (κ2) is 5.48. The molecule has 3 rings (SSSR count). The van der Waals surface area contributed by atoms with Gasteiger partial charge in [0.1, 0.15) is 5.01 Å². The molecule has 0 unspecified atom stereocenters. The molecule has 1 aliphatic rings. The average Bonchev–Trinajstić information content (AvgIpc) is 3.18. The minimum absolute atomic E-state index is 0.0977. The summed E-state index contributed by atoms with van der Waals surface area (Å²) < 4.78 is 0. The maximum absolute atomic E-state index is 12.5. The van der Waals surface area contributed by atoms with Crippen molar-refractivity contribution in [3.63, 3.8) is 0 Å². The number of hydrogen-bond donors (Lipinski definition) is 2. The van der Waals surface area contributed by atoms with Crippen molar-refractivity contribution in [2.45, 2.75) is 38.1 Å². The zero-order valence-electron chi connectivity index (χ0n) is 12.1. The third-order valence-electron chi connectivity index (χ3n) is 4.00. The second-order valence-corrected chi connectivity index (χ2v) is 6.66. The van der Waals surface area contributed by atoms with Crippen LogP contribution in [0.25, 0.3) is 0 Å². The fraction of sp³-hybridized carbons (Fsp3) is 0.375. The molecule has 1 amide bonds. The van der Waals surface area contributed by atoms with Crippen LogP contribution in [0.4, 0.5) is 5.69 Å². The van der Waals surface area contributed by atoms with Crippen molar-refractivity contribution >= 4 is 22.9 Å². The van der Waals surface area contributed by atoms with Gasteiger partial charge in [-0.3, -0.25) is 4.79 Å². The first-order chi connectivity index (χ1) is 10.1. The number of rotatable bonds is 5. The molecule has 0 spiro atoms. The number of nitrogen functional groups attached to an aromatic ring is 1. The van der Waals surface area contributed by atoms with E-state index in [0.717, 1.165) is 35.5 Å². The predicted molar refractivity (Wildman–Crippen MR) is 85.1 cm³/mol. The zero-order valence-corrected chi connectivity index (χ0v) is 12.9. The number of nitrogens with one attached hydrogen (secondary N) is 1. The number of aryl methyl sites for hydroxylation is 1. The molecule has 3 N–H and O–H groups in total. The van der Waals surface area contributed by atoms with Gasteiger partial charge in [-0.1, -0.05) is 19.1 Å². The van der Waals surface area contributed by atoms with Gasteiger partial charge in [-0.05, 0) is 37.0 Å². The lowest BCUT2D eigenvalue weighted by Crippen LogP contribution is -2.34. The van der Waals surface area contributed by atoms with Gasteiger partial charge in [0.15, 0.2) is 0 Å². The summed E-state index contributed by atoms with van der Waals surface area (Å²) in [4.78, 5) is 18.1. The second-order valence-electron chi connectivity index (χ2n) is 5.46. The van der Waals surface area contributed by atoms with Crippen molar-refractivity contribution in [1.82, 2.24) is 10.3 Å². The number of carbonyl (C=O) groups excluding carboxylic acids is 1. The summed E-state index contributed by atoms with van der Waals surface area (Å²) in [6.07, 6.45) is 4.68. The van der Waals surface area contributed by atoms with E-state index >= 15 is 0 Å². The molecular formula is C16H19N3OS. The van der Waals surface area contributed by atoms with E-state index in [9.17, 15) is 4.79 Å². The molecule has 5 heteroatoms. The molecule has 1 aromatic carbocycles. The first kappa shape index (κ1) is 14.1. The topological polar surface area (TPSA) is 68.0 Å². The SMILES string of the molecule is CCc1cnc(CNC(=O)C2(c3ccc(N)cc3)CC2)s1. The number of anilines is 1. The molecule has 21 heavy (non-hydrogen) atoms. The maximum atomic E-state index is 12.5. The maximum Gasteiger partial charge on any atom is 0.231 e. The van der Waals surface area contributed by atoms with Crippen LogP contribution in [-0.4, -0.2) is 10.9 Å². The van der Waals surface area contributed by atoms with Crippen LogP contribution in [0.2, 0.25) is 0 Å². The molecule has 0 radical (unpaired) electrons. The number of nitrogens with zero attached hydrogens (tertiary/aromatic N) is 1. The van der Waals surface area contributed by atoms with Crippen molar-refractivity contribution in [3.05, 3.63) is 45.9 Å². The Morgan fingerprint density at radius 3 is 2.67 bits per heavy atom. The fourth-order valence-corrected chi connectivity index (χ4v) is 3.29. The van der Waals surface area contributed by atoms with E-state index in [2.05, 4.69) is 17.2 Å². The monoisotopic (exact) mass is 301 g/mol. The van der Waals surface area contributed by atoms with E-state index < -0.39 is 0 Å². The first-order valence-electron chi connectivity index (χ1n) is 7.22. The van der Waals surface area contributed by atoms with Gasteiger partial charge >= 0.3 is 0 Å². The van der Waals surface area contributed by atoms with Crippen LogP contribution in [0.1, 0.15) is 35.2 Å². The Morgan fingerprint density at radius 2 is 2.10 bits per heavy atom. The van der Waals surface area contributed by atoms with Crippen LogP contribution in [0.5, 0.6) is 0 Å². The van der Waals surface area contributed by atoms with Crippen LogP contribution in [0, 0.1) is 0 Å². The van der Waals surface area contributed by atoms with Gasteiger partial charge in [0.2, 0.25) is 5.91 Å². The summed E-state index contributed by atoms with van der Waals surface area (Å²) >= 11 is 1.66. The largest absolute Gasteiger partial charge is 0.399 e. The third-order valence-corrected chi connectivity index (χ3v) is 5.14. The van der Waals surface area contributed by atoms with Gasteiger partial charge in [-0.15, -0.1) is 11.3 Å². The summed E-state index contributed by atoms with van der Waals surface area (Å²) in [5.41, 5.74) is 7.15. The molecule has 1 aliphatic carbocycles. The summed E-state index contributed by atoms with van der Waals surface area (Å²) in [6, 6.07) is 7.63. The van der Waals surface area contributed by atoms with Gasteiger partial charge < -0.3 is 11.1 Å². The lowest BCUT2D eigenvalue weighted by molar-refractivity contribution is -0.123. The molecule has 1 heterocycles. The van der Waals surface area contributed by atoms with E-state index in [-0.39, 0.29) is 11.3 Å². The number of carbonyl (C=O) groups is 1. The Bertz CT molecular complexity index is 644. The lowest BCUT2D eigenvalue weighted by Gasteiger charge is -2.15. The van der Waals surface area contributed by atoms with Gasteiger partial charge in [0, 0.05) is 16.8 Å². The number of amides is 1. The van der Waals surface area contributed by atoms with Crippen LogP contribution in [-0.2, 0) is 23.2 Å². The Balaban J connectivity index is 1.66. The summed E-state index contributed by atoms with van der Waals surface area (Å²) in [5.74, 6) is 0.0977. The highest BCUT2D eigenvalue weighted by Gasteiger charge is 2.51. The molecule has 2 aromatic rings. The van der Waals surface area contributed by atoms with Crippen LogP contribution < -0.4 is 11.1 Å². The number of hydrogen-bond acceptors (Lipinski definition) is 4. The highest BCUT2D eigenvalue weighted by Crippen LogP contribution is 2.48. The average molecular weight is 301 g/mol. The minimum Gasteiger partial charge on any atom is -0.399 e. The molecule has 0 bridgehead atoms. The first-order valence-corrected chi connectivity index (χ1v) is 8.03. The summed E-state index contributed by atoms with van der Waals surface area (Å²) in [6.45, 7) is 2.62. The van der Waals surface area contributed by atoms with Crippen molar-refractivity contribution < 1.29 is 4.79 Å². The zero-order chi connectivity index (χ0) is 14.9. The molecule has 1 saturated carbocycles. The van der Waals surface area contributed by atoms with E-state index in [1.807, 2.05) is 30.5 Å². The number of benzene rings is 1. The van der Waals surface area contributed by atoms with E-state index in [4.69, 9.17) is 5.73 Å². The highest BCUT2D eigenvalue weighted by atomic mass is 32.1. The summed E-state index contributed by atoms with van der Waals surface area (Å²) in [5, 5.41) is 4.00. The molecular weight excluding hydrogens is 282 g/mol. The van der Waals surface area contributed by atoms with E-state index in [1.165, 1.54) is 4.88 Å². The fourth-order valence-electron chi connectivity index (χ4n) is 2.49. The molecule has 0 atom stereocenters. The minimum atomic E-state index is -0.349. The van der Waals surface area contributed by atoms with Gasteiger partial charge in [-0.25, -0.2) is 4.98 Å². The van der Waals surface area contributed by atoms with Crippen LogP contribution >= 0.6 is 11.3 Å². The Kier molecular flexibility index (Phi) is 3.68. The van der Waals surface area contributed by atoms with Crippen molar-refractivity contribution in [2.75, 3.05) is 5.73 Å². The molecule has 0 saturated heterocycles. The normalized spacial score (nSPS) is 15.7. The number of aromatic nitrogens is 1. The molecule has 0 aliphatic heterocycles. The van der Waals surface area contributed by atoms with Gasteiger partial charge in [0.25, 0.3) is 0 Å². The quantitative estimate of drug-likeness (QED) is 0.834. The van der Waals surface area contributed by atoms with E-state index in [0.29, 0.717) is 6.54 Å². The highest BCUT2D eigenvalue weighted by molar-refractivity contribution is 7.11. The standard InChI is InChI=1S/C16H19N3OS/c1-2-13-9-18-14(21-13)10-19-15(20)16(7-8-16)11-3-5-12(17)6-4-11/h3-6,9H,2,7-8,10,17H2,1H3,(H,19,20). The number of thiazole rings is 1. The van der Waals surface area contributed by atoms with Gasteiger partial charge in [0.05, 0.1) is 12.0 Å². The molecule has 110 valence electrons. The van der Waals surface area contributed by atoms with E-state index in [1.54, 1.807) is 11.3 Å². The Labute approximate surface area is 128 Å². The smallest absolute Gasteiger partial charge is 0.231 e. The summed E-state index contributed by atoms with van der Waals surface area (Å²) in [7, 11) is 0. The number of nitrogens with two attached hydrogens (primary N) is 1. The van der Waals surface area contributed by atoms with Crippen molar-refractivity contribution in [3.8, 4) is 0 Å². The van der Waals surface area contributed by atoms with Crippen molar-refractivity contribution in [2.24, 2.45) is 0 Å². The predicted octanol–water partition coefficient (Wildman–Crippen LogP) is 2.64. The molecule has 1 aromatic heterocycles. The third kappa shape index (κ3) is 2.78. The Hall–Kier alpha value is -1.88. The Morgan fingerprint density at radius 1 is 1.38 bits per heavy atom.